The molecule has 88 valence electrons. The predicted octanol–water partition coefficient (Wildman–Crippen LogP) is 2.38. The quantitative estimate of drug-likeness (QED) is 0.598. The molecule has 16 heavy (non-hydrogen) atoms. The second-order valence-electron chi connectivity index (χ2n) is 3.39. The van der Waals surface area contributed by atoms with Gasteiger partial charge in [0.2, 0.25) is 0 Å². The molecule has 0 amide bonds. The highest BCUT2D eigenvalue weighted by Gasteiger charge is 2.12. The molecule has 1 rings (SSSR count). The number of pyridine rings is 1. The summed E-state index contributed by atoms with van der Waals surface area (Å²) in [5.74, 6) is 0.208. The number of thioether (sulfide) groups is 1. The average molecular weight is 241 g/mol. The average Bonchev–Trinajstić information content (AvgIpc) is 2.27. The number of ether oxygens (including phenoxy) is 2. The van der Waals surface area contributed by atoms with Crippen LogP contribution in [0.15, 0.2) is 17.3 Å². The van der Waals surface area contributed by atoms with E-state index in [-0.39, 0.29) is 6.10 Å². The van der Waals surface area contributed by atoms with E-state index >= 15 is 0 Å². The molecule has 5 heteroatoms. The summed E-state index contributed by atoms with van der Waals surface area (Å²) in [4.78, 5) is 15.5. The molecule has 0 atom stereocenters. The molecule has 0 unspecified atom stereocenters. The molecule has 0 bridgehead atoms. The van der Waals surface area contributed by atoms with Crippen LogP contribution in [0.1, 0.15) is 24.2 Å². The van der Waals surface area contributed by atoms with Crippen molar-refractivity contribution >= 4 is 17.7 Å². The lowest BCUT2D eigenvalue weighted by Gasteiger charge is -2.13. The van der Waals surface area contributed by atoms with Crippen LogP contribution >= 0.6 is 11.8 Å². The minimum atomic E-state index is -0.409. The van der Waals surface area contributed by atoms with Crippen molar-refractivity contribution < 1.29 is 14.3 Å². The van der Waals surface area contributed by atoms with E-state index in [1.54, 1.807) is 6.07 Å². The first-order chi connectivity index (χ1) is 7.58. The standard InChI is InChI=1S/C11H15NO3S/c1-7(2)15-9-5-8(11(13)14-3)6-12-10(9)16-4/h5-7H,1-4H3. The number of carbonyl (C=O) groups is 1. The van der Waals surface area contributed by atoms with E-state index in [2.05, 4.69) is 9.72 Å². The number of methoxy groups -OCH3 is 1. The molecule has 0 aromatic carbocycles. The summed E-state index contributed by atoms with van der Waals surface area (Å²) in [6.07, 6.45) is 3.44. The molecule has 1 heterocycles. The fourth-order valence-corrected chi connectivity index (χ4v) is 1.62. The van der Waals surface area contributed by atoms with E-state index in [0.29, 0.717) is 11.3 Å². The number of esters is 1. The van der Waals surface area contributed by atoms with E-state index in [0.717, 1.165) is 5.03 Å². The molecule has 0 saturated heterocycles. The topological polar surface area (TPSA) is 48.4 Å². The molecule has 0 N–H and O–H groups in total. The Morgan fingerprint density at radius 3 is 2.69 bits per heavy atom. The van der Waals surface area contributed by atoms with Gasteiger partial charge in [0.15, 0.2) is 5.75 Å². The molecular formula is C11H15NO3S. The van der Waals surface area contributed by atoms with E-state index < -0.39 is 5.97 Å². The highest BCUT2D eigenvalue weighted by atomic mass is 32.2. The lowest BCUT2D eigenvalue weighted by Crippen LogP contribution is -2.09. The van der Waals surface area contributed by atoms with E-state index in [9.17, 15) is 4.79 Å². The Morgan fingerprint density at radius 1 is 1.50 bits per heavy atom. The maximum atomic E-state index is 11.3. The van der Waals surface area contributed by atoms with Crippen LogP contribution in [0, 0.1) is 0 Å². The zero-order valence-corrected chi connectivity index (χ0v) is 10.6. The first-order valence-corrected chi connectivity index (χ1v) is 6.10. The minimum absolute atomic E-state index is 0.0422. The third kappa shape index (κ3) is 3.13. The molecule has 0 saturated carbocycles. The van der Waals surface area contributed by atoms with Gasteiger partial charge in [-0.05, 0) is 26.2 Å². The second-order valence-corrected chi connectivity index (χ2v) is 4.18. The van der Waals surface area contributed by atoms with Gasteiger partial charge < -0.3 is 9.47 Å². The van der Waals surface area contributed by atoms with Gasteiger partial charge in [-0.2, -0.15) is 0 Å². The van der Waals surface area contributed by atoms with E-state index in [1.807, 2.05) is 20.1 Å². The summed E-state index contributed by atoms with van der Waals surface area (Å²) in [7, 11) is 1.34. The molecule has 0 spiro atoms. The summed E-state index contributed by atoms with van der Waals surface area (Å²) >= 11 is 1.48. The lowest BCUT2D eigenvalue weighted by molar-refractivity contribution is 0.0599. The maximum Gasteiger partial charge on any atom is 0.339 e. The number of carbonyl (C=O) groups excluding carboxylic acids is 1. The molecule has 4 nitrogen and oxygen atoms in total. The third-order valence-corrected chi connectivity index (χ3v) is 2.49. The van der Waals surface area contributed by atoms with Gasteiger partial charge in [0.05, 0.1) is 18.8 Å². The summed E-state index contributed by atoms with van der Waals surface area (Å²) in [6, 6.07) is 1.66. The van der Waals surface area contributed by atoms with Gasteiger partial charge in [0.25, 0.3) is 0 Å². The highest BCUT2D eigenvalue weighted by molar-refractivity contribution is 7.98. The Morgan fingerprint density at radius 2 is 2.19 bits per heavy atom. The van der Waals surface area contributed by atoms with Crippen molar-refractivity contribution in [2.45, 2.75) is 25.0 Å². The number of hydrogen-bond acceptors (Lipinski definition) is 5. The van der Waals surface area contributed by atoms with E-state index in [1.165, 1.54) is 25.1 Å². The Kier molecular flexibility index (Phi) is 4.61. The Hall–Kier alpha value is -1.23. The van der Waals surface area contributed by atoms with Crippen LogP contribution in [-0.4, -0.2) is 30.4 Å². The maximum absolute atomic E-state index is 11.3. The fraction of sp³-hybridized carbons (Fsp3) is 0.455. The van der Waals surface area contributed by atoms with Crippen molar-refractivity contribution in [1.29, 1.82) is 0 Å². The Labute approximate surface area is 99.4 Å². The summed E-state index contributed by atoms with van der Waals surface area (Å²) in [5, 5.41) is 0.765. The molecule has 1 aromatic rings. The predicted molar refractivity (Wildman–Crippen MR) is 63.1 cm³/mol. The smallest absolute Gasteiger partial charge is 0.339 e. The normalized spacial score (nSPS) is 10.3. The van der Waals surface area contributed by atoms with Gasteiger partial charge >= 0.3 is 5.97 Å². The number of aromatic nitrogens is 1. The lowest BCUT2D eigenvalue weighted by atomic mass is 10.3. The van der Waals surface area contributed by atoms with Crippen molar-refractivity contribution in [2.24, 2.45) is 0 Å². The number of nitrogens with zero attached hydrogens (tertiary/aromatic N) is 1. The highest BCUT2D eigenvalue weighted by Crippen LogP contribution is 2.27. The minimum Gasteiger partial charge on any atom is -0.488 e. The van der Waals surface area contributed by atoms with Crippen LogP contribution < -0.4 is 4.74 Å². The van der Waals surface area contributed by atoms with Crippen molar-refractivity contribution in [3.05, 3.63) is 17.8 Å². The van der Waals surface area contributed by atoms with Gasteiger partial charge in [0.1, 0.15) is 5.03 Å². The molecular weight excluding hydrogens is 226 g/mol. The van der Waals surface area contributed by atoms with Crippen molar-refractivity contribution in [1.82, 2.24) is 4.98 Å². The zero-order valence-electron chi connectivity index (χ0n) is 9.81. The molecule has 0 aliphatic rings. The monoisotopic (exact) mass is 241 g/mol. The van der Waals surface area contributed by atoms with Crippen LogP contribution in [-0.2, 0) is 4.74 Å². The first kappa shape index (κ1) is 12.8. The SMILES string of the molecule is COC(=O)c1cnc(SC)c(OC(C)C)c1. The van der Waals surface area contributed by atoms with Gasteiger partial charge in [-0.15, -0.1) is 11.8 Å². The molecule has 1 aromatic heterocycles. The number of rotatable bonds is 4. The van der Waals surface area contributed by atoms with Gasteiger partial charge in [-0.25, -0.2) is 9.78 Å². The van der Waals surface area contributed by atoms with Crippen LogP contribution in [0.2, 0.25) is 0 Å². The first-order valence-electron chi connectivity index (χ1n) is 4.87. The van der Waals surface area contributed by atoms with Gasteiger partial charge in [-0.3, -0.25) is 0 Å². The fourth-order valence-electron chi connectivity index (χ4n) is 1.15. The van der Waals surface area contributed by atoms with Crippen molar-refractivity contribution in [3.8, 4) is 5.75 Å². The second kappa shape index (κ2) is 5.75. The van der Waals surface area contributed by atoms with Crippen LogP contribution in [0.5, 0.6) is 5.75 Å². The number of hydrogen-bond donors (Lipinski definition) is 0. The third-order valence-electron chi connectivity index (χ3n) is 1.80. The summed E-state index contributed by atoms with van der Waals surface area (Å²) in [6.45, 7) is 3.85. The summed E-state index contributed by atoms with van der Waals surface area (Å²) in [5.41, 5.74) is 0.399. The molecule has 0 radical (unpaired) electrons. The van der Waals surface area contributed by atoms with Gasteiger partial charge in [0, 0.05) is 6.20 Å². The van der Waals surface area contributed by atoms with Gasteiger partial charge in [-0.1, -0.05) is 0 Å². The Balaban J connectivity index is 3.05. The van der Waals surface area contributed by atoms with E-state index in [4.69, 9.17) is 4.74 Å². The molecule has 0 aliphatic carbocycles. The summed E-state index contributed by atoms with van der Waals surface area (Å²) < 4.78 is 10.2. The van der Waals surface area contributed by atoms with Crippen LogP contribution in [0.3, 0.4) is 0 Å². The molecule has 0 fully saturated rings. The zero-order chi connectivity index (χ0) is 12.1. The largest absolute Gasteiger partial charge is 0.488 e. The van der Waals surface area contributed by atoms with Crippen molar-refractivity contribution in [2.75, 3.05) is 13.4 Å². The Bertz CT molecular complexity index is 379. The van der Waals surface area contributed by atoms with Crippen LogP contribution in [0.4, 0.5) is 0 Å². The molecule has 0 aliphatic heterocycles. The van der Waals surface area contributed by atoms with Crippen molar-refractivity contribution in [3.63, 3.8) is 0 Å². The van der Waals surface area contributed by atoms with Crippen LogP contribution in [0.25, 0.3) is 0 Å².